The Balaban J connectivity index is 1.37. The van der Waals surface area contributed by atoms with Crippen LogP contribution >= 0.6 is 0 Å². The third kappa shape index (κ3) is 4.18. The van der Waals surface area contributed by atoms with Gasteiger partial charge in [0.2, 0.25) is 11.7 Å². The lowest BCUT2D eigenvalue weighted by Crippen LogP contribution is -2.31. The van der Waals surface area contributed by atoms with Crippen LogP contribution in [-0.4, -0.2) is 50.1 Å². The fourth-order valence-electron chi connectivity index (χ4n) is 2.89. The van der Waals surface area contributed by atoms with E-state index in [1.165, 1.54) is 18.3 Å². The predicted molar refractivity (Wildman–Crippen MR) is 91.7 cm³/mol. The van der Waals surface area contributed by atoms with Crippen LogP contribution in [0, 0.1) is 0 Å². The Morgan fingerprint density at radius 2 is 2.00 bits per heavy atom. The monoisotopic (exact) mass is 405 g/mol. The molecule has 0 aliphatic carbocycles. The lowest BCUT2D eigenvalue weighted by Gasteiger charge is -2.17. The molecule has 3 aromatic rings. The first-order valence-electron chi connectivity index (χ1n) is 8.63. The number of carbonyl (C=O) groups is 1. The molecule has 150 valence electrons. The van der Waals surface area contributed by atoms with E-state index in [-0.39, 0.29) is 29.3 Å². The quantitative estimate of drug-likeness (QED) is 0.659. The van der Waals surface area contributed by atoms with Crippen LogP contribution in [0.25, 0.3) is 11.4 Å². The number of amides is 1. The first kappa shape index (κ1) is 18.8. The molecule has 0 unspecified atom stereocenters. The molecule has 1 fully saturated rings. The molecule has 4 heterocycles. The summed E-state index contributed by atoms with van der Waals surface area (Å²) in [6, 6.07) is 6.30. The van der Waals surface area contributed by atoms with Gasteiger partial charge >= 0.3 is 12.1 Å². The molecule has 8 nitrogen and oxygen atoms in total. The van der Waals surface area contributed by atoms with E-state index in [0.717, 1.165) is 0 Å². The molecule has 0 saturated carbocycles. The summed E-state index contributed by atoms with van der Waals surface area (Å²) in [6.07, 6.45) is 0.119. The van der Waals surface area contributed by atoms with E-state index >= 15 is 0 Å². The third-order valence-corrected chi connectivity index (χ3v) is 4.31. The Bertz CT molecular complexity index is 992. The second-order valence-electron chi connectivity index (χ2n) is 6.32. The van der Waals surface area contributed by atoms with Crippen LogP contribution in [0.15, 0.2) is 47.4 Å². The Hall–Kier alpha value is -3.50. The van der Waals surface area contributed by atoms with Crippen molar-refractivity contribution in [1.29, 1.82) is 0 Å². The van der Waals surface area contributed by atoms with Gasteiger partial charge < -0.3 is 14.2 Å². The van der Waals surface area contributed by atoms with Crippen molar-refractivity contribution in [2.45, 2.75) is 18.7 Å². The van der Waals surface area contributed by atoms with Crippen LogP contribution in [0.1, 0.15) is 22.7 Å². The molecule has 1 atom stereocenters. The van der Waals surface area contributed by atoms with Gasteiger partial charge in [-0.25, -0.2) is 4.98 Å². The molecule has 0 spiro atoms. The molecule has 0 radical (unpaired) electrons. The standard InChI is InChI=1S/C18H14F3N5O3/c19-18(20,21)17-24-15(25-29-17)12-1-2-14(23-9-12)28-13-5-8-26(10-13)16(27)11-3-6-22-7-4-11/h1-4,6-7,9,13H,5,8,10H2/t13-/m1/s1. The molecule has 11 heteroatoms. The van der Waals surface area contributed by atoms with Gasteiger partial charge in [-0.2, -0.15) is 18.2 Å². The summed E-state index contributed by atoms with van der Waals surface area (Å²) >= 11 is 0. The lowest BCUT2D eigenvalue weighted by atomic mass is 10.2. The topological polar surface area (TPSA) is 94.2 Å². The summed E-state index contributed by atoms with van der Waals surface area (Å²) < 4.78 is 47.6. The van der Waals surface area contributed by atoms with Gasteiger partial charge in [0.1, 0.15) is 6.10 Å². The first-order chi connectivity index (χ1) is 13.9. The van der Waals surface area contributed by atoms with Crippen molar-refractivity contribution in [2.75, 3.05) is 13.1 Å². The van der Waals surface area contributed by atoms with E-state index in [1.54, 1.807) is 29.4 Å². The zero-order valence-electron chi connectivity index (χ0n) is 14.8. The smallest absolute Gasteiger partial charge is 0.471 e. The predicted octanol–water partition coefficient (Wildman–Crippen LogP) is 2.84. The minimum atomic E-state index is -4.70. The highest BCUT2D eigenvalue weighted by Gasteiger charge is 2.38. The highest BCUT2D eigenvalue weighted by atomic mass is 19.4. The number of aromatic nitrogens is 4. The minimum Gasteiger partial charge on any atom is -0.472 e. The number of halogens is 3. The number of likely N-dealkylation sites (tertiary alicyclic amines) is 1. The number of ether oxygens (including phenoxy) is 1. The molecule has 1 aliphatic rings. The molecule has 1 amide bonds. The van der Waals surface area contributed by atoms with Crippen LogP contribution in [-0.2, 0) is 6.18 Å². The Kier molecular flexibility index (Phi) is 4.87. The highest BCUT2D eigenvalue weighted by Crippen LogP contribution is 2.29. The molecule has 1 aliphatic heterocycles. The van der Waals surface area contributed by atoms with Gasteiger partial charge in [-0.05, 0) is 18.2 Å². The van der Waals surface area contributed by atoms with E-state index in [4.69, 9.17) is 4.74 Å². The molecule has 29 heavy (non-hydrogen) atoms. The zero-order chi connectivity index (χ0) is 20.4. The Labute approximate surface area is 162 Å². The zero-order valence-corrected chi connectivity index (χ0v) is 14.8. The van der Waals surface area contributed by atoms with E-state index < -0.39 is 12.1 Å². The molecule has 3 aromatic heterocycles. The van der Waals surface area contributed by atoms with Crippen molar-refractivity contribution in [1.82, 2.24) is 25.0 Å². The summed E-state index contributed by atoms with van der Waals surface area (Å²) in [6.45, 7) is 0.956. The molecular weight excluding hydrogens is 391 g/mol. The molecule has 0 aromatic carbocycles. The maximum absolute atomic E-state index is 12.5. The number of hydrogen-bond acceptors (Lipinski definition) is 7. The molecule has 4 rings (SSSR count). The van der Waals surface area contributed by atoms with Gasteiger partial charge in [-0.15, -0.1) is 0 Å². The lowest BCUT2D eigenvalue weighted by molar-refractivity contribution is -0.159. The average molecular weight is 405 g/mol. The van der Waals surface area contributed by atoms with E-state index in [1.807, 2.05) is 0 Å². The summed E-state index contributed by atoms with van der Waals surface area (Å²) in [5, 5.41) is 3.31. The third-order valence-electron chi connectivity index (χ3n) is 4.31. The van der Waals surface area contributed by atoms with Crippen molar-refractivity contribution >= 4 is 5.91 Å². The van der Waals surface area contributed by atoms with E-state index in [0.29, 0.717) is 25.1 Å². The molecular formula is C18H14F3N5O3. The van der Waals surface area contributed by atoms with Crippen molar-refractivity contribution in [3.05, 3.63) is 54.3 Å². The first-order valence-corrected chi connectivity index (χ1v) is 8.63. The molecule has 0 bridgehead atoms. The van der Waals surface area contributed by atoms with Crippen LogP contribution in [0.2, 0.25) is 0 Å². The van der Waals surface area contributed by atoms with Gasteiger partial charge in [-0.3, -0.25) is 9.78 Å². The van der Waals surface area contributed by atoms with Crippen LogP contribution in [0.5, 0.6) is 5.88 Å². The second-order valence-corrected chi connectivity index (χ2v) is 6.32. The largest absolute Gasteiger partial charge is 0.472 e. The molecule has 0 N–H and O–H groups in total. The normalized spacial score (nSPS) is 16.8. The van der Waals surface area contributed by atoms with Crippen molar-refractivity contribution < 1.29 is 27.2 Å². The van der Waals surface area contributed by atoms with Gasteiger partial charge in [0.05, 0.1) is 6.54 Å². The van der Waals surface area contributed by atoms with Crippen molar-refractivity contribution in [3.8, 4) is 17.3 Å². The fraction of sp³-hybridized carbons (Fsp3) is 0.278. The average Bonchev–Trinajstić information content (AvgIpc) is 3.38. The minimum absolute atomic E-state index is 0.0978. The summed E-state index contributed by atoms with van der Waals surface area (Å²) in [7, 11) is 0. The number of alkyl halides is 3. The second kappa shape index (κ2) is 7.49. The van der Waals surface area contributed by atoms with Gasteiger partial charge in [0, 0.05) is 48.7 Å². The van der Waals surface area contributed by atoms with Crippen molar-refractivity contribution in [2.24, 2.45) is 0 Å². The summed E-state index contributed by atoms with van der Waals surface area (Å²) in [4.78, 5) is 25.4. The van der Waals surface area contributed by atoms with Crippen LogP contribution in [0.4, 0.5) is 13.2 Å². The Morgan fingerprint density at radius 3 is 2.66 bits per heavy atom. The SMILES string of the molecule is O=C(c1ccncc1)N1CC[C@@H](Oc2ccc(-c3noc(C(F)(F)F)n3)cn2)C1. The van der Waals surface area contributed by atoms with Crippen molar-refractivity contribution in [3.63, 3.8) is 0 Å². The van der Waals surface area contributed by atoms with Crippen LogP contribution < -0.4 is 4.74 Å². The number of hydrogen-bond donors (Lipinski definition) is 0. The van der Waals surface area contributed by atoms with Gasteiger partial charge in [-0.1, -0.05) is 5.16 Å². The number of rotatable bonds is 4. The number of pyridine rings is 2. The highest BCUT2D eigenvalue weighted by molar-refractivity contribution is 5.94. The van der Waals surface area contributed by atoms with Gasteiger partial charge in [0.25, 0.3) is 5.91 Å². The molecule has 1 saturated heterocycles. The van der Waals surface area contributed by atoms with E-state index in [2.05, 4.69) is 24.6 Å². The summed E-state index contributed by atoms with van der Waals surface area (Å²) in [5.41, 5.74) is 0.818. The van der Waals surface area contributed by atoms with Gasteiger partial charge in [0.15, 0.2) is 0 Å². The maximum Gasteiger partial charge on any atom is 0.471 e. The number of carbonyl (C=O) groups excluding carboxylic acids is 1. The maximum atomic E-state index is 12.5. The number of nitrogens with zero attached hydrogens (tertiary/aromatic N) is 5. The van der Waals surface area contributed by atoms with E-state index in [9.17, 15) is 18.0 Å². The summed E-state index contributed by atoms with van der Waals surface area (Å²) in [5.74, 6) is -1.44. The Morgan fingerprint density at radius 1 is 1.21 bits per heavy atom. The van der Waals surface area contributed by atoms with Crippen LogP contribution in [0.3, 0.4) is 0 Å². The fourth-order valence-corrected chi connectivity index (χ4v) is 2.89.